The number of hydrogen-bond acceptors (Lipinski definition) is 3. The van der Waals surface area contributed by atoms with Crippen LogP contribution in [0.4, 0.5) is 0 Å². The second-order valence-electron chi connectivity index (χ2n) is 4.83. The molecule has 0 amide bonds. The van der Waals surface area contributed by atoms with E-state index >= 15 is 0 Å². The third kappa shape index (κ3) is 1.85. The average molecular weight is 245 g/mol. The minimum Gasteiger partial charge on any atom is -0.478 e. The fourth-order valence-electron chi connectivity index (χ4n) is 2.66. The summed E-state index contributed by atoms with van der Waals surface area (Å²) in [6.45, 7) is 0. The Balaban J connectivity index is 2.05. The van der Waals surface area contributed by atoms with Crippen molar-refractivity contribution in [1.29, 1.82) is 0 Å². The van der Waals surface area contributed by atoms with Gasteiger partial charge in [-0.15, -0.1) is 5.10 Å². The van der Waals surface area contributed by atoms with Gasteiger partial charge in [0.15, 0.2) is 0 Å². The van der Waals surface area contributed by atoms with E-state index in [1.807, 2.05) is 4.68 Å². The van der Waals surface area contributed by atoms with Gasteiger partial charge in [0, 0.05) is 0 Å². The van der Waals surface area contributed by atoms with Crippen molar-refractivity contribution in [2.45, 2.75) is 38.1 Å². The van der Waals surface area contributed by atoms with E-state index in [2.05, 4.69) is 10.3 Å². The monoisotopic (exact) mass is 245 g/mol. The maximum absolute atomic E-state index is 11.0. The number of aromatic nitrogens is 3. The zero-order valence-electron chi connectivity index (χ0n) is 10.0. The Labute approximate surface area is 104 Å². The van der Waals surface area contributed by atoms with Crippen molar-refractivity contribution in [3.05, 3.63) is 23.8 Å². The van der Waals surface area contributed by atoms with E-state index < -0.39 is 5.97 Å². The number of rotatable bonds is 2. The smallest absolute Gasteiger partial charge is 0.335 e. The molecule has 0 atom stereocenters. The van der Waals surface area contributed by atoms with E-state index in [0.29, 0.717) is 11.6 Å². The third-order valence-electron chi connectivity index (χ3n) is 3.64. The maximum Gasteiger partial charge on any atom is 0.335 e. The first kappa shape index (κ1) is 11.2. The molecule has 0 spiro atoms. The zero-order valence-corrected chi connectivity index (χ0v) is 10.0. The van der Waals surface area contributed by atoms with Gasteiger partial charge in [-0.3, -0.25) is 0 Å². The lowest BCUT2D eigenvalue weighted by atomic mass is 9.95. The van der Waals surface area contributed by atoms with Crippen molar-refractivity contribution in [2.75, 3.05) is 0 Å². The van der Waals surface area contributed by atoms with E-state index in [1.165, 1.54) is 19.3 Å². The molecular weight excluding hydrogens is 230 g/mol. The lowest BCUT2D eigenvalue weighted by Crippen LogP contribution is -2.14. The second-order valence-corrected chi connectivity index (χ2v) is 4.83. The Morgan fingerprint density at radius 1 is 1.28 bits per heavy atom. The highest BCUT2D eigenvalue weighted by Gasteiger charge is 2.19. The molecular formula is C13H15N3O2. The molecule has 0 unspecified atom stereocenters. The van der Waals surface area contributed by atoms with E-state index in [0.717, 1.165) is 23.9 Å². The maximum atomic E-state index is 11.0. The van der Waals surface area contributed by atoms with Crippen LogP contribution in [0, 0.1) is 0 Å². The molecule has 1 heterocycles. The van der Waals surface area contributed by atoms with Crippen molar-refractivity contribution in [2.24, 2.45) is 0 Å². The van der Waals surface area contributed by atoms with Crippen LogP contribution in [-0.4, -0.2) is 26.1 Å². The summed E-state index contributed by atoms with van der Waals surface area (Å²) in [5, 5.41) is 17.3. The van der Waals surface area contributed by atoms with Gasteiger partial charge in [-0.2, -0.15) is 0 Å². The molecule has 0 aliphatic heterocycles. The van der Waals surface area contributed by atoms with E-state index in [4.69, 9.17) is 5.11 Å². The van der Waals surface area contributed by atoms with Gasteiger partial charge in [0.05, 0.1) is 17.1 Å². The standard InChI is InChI=1S/C13H15N3O2/c17-13(18)9-6-7-11-12(8-9)16(15-14-11)10-4-2-1-3-5-10/h6-8,10H,1-5H2,(H,17,18). The highest BCUT2D eigenvalue weighted by Crippen LogP contribution is 2.29. The molecule has 0 radical (unpaired) electrons. The van der Waals surface area contributed by atoms with Crippen LogP contribution >= 0.6 is 0 Å². The molecule has 0 bridgehead atoms. The molecule has 1 saturated carbocycles. The van der Waals surface area contributed by atoms with Crippen molar-refractivity contribution in [3.8, 4) is 0 Å². The summed E-state index contributed by atoms with van der Waals surface area (Å²) in [4.78, 5) is 11.0. The van der Waals surface area contributed by atoms with Gasteiger partial charge in [0.25, 0.3) is 0 Å². The molecule has 18 heavy (non-hydrogen) atoms. The highest BCUT2D eigenvalue weighted by atomic mass is 16.4. The Kier molecular flexibility index (Phi) is 2.74. The Bertz CT molecular complexity index is 585. The molecule has 3 rings (SSSR count). The van der Waals surface area contributed by atoms with Crippen LogP contribution in [-0.2, 0) is 0 Å². The number of carboxylic acid groups (broad SMARTS) is 1. The molecule has 1 fully saturated rings. The third-order valence-corrected chi connectivity index (χ3v) is 3.64. The predicted molar refractivity (Wildman–Crippen MR) is 66.6 cm³/mol. The summed E-state index contributed by atoms with van der Waals surface area (Å²) in [7, 11) is 0. The summed E-state index contributed by atoms with van der Waals surface area (Å²) in [6.07, 6.45) is 5.92. The van der Waals surface area contributed by atoms with Crippen molar-refractivity contribution >= 4 is 17.0 Å². The summed E-state index contributed by atoms with van der Waals surface area (Å²) >= 11 is 0. The van der Waals surface area contributed by atoms with Gasteiger partial charge < -0.3 is 5.11 Å². The van der Waals surface area contributed by atoms with Crippen LogP contribution in [0.1, 0.15) is 48.5 Å². The average Bonchev–Trinajstić information content (AvgIpc) is 2.82. The number of carboxylic acids is 1. The second kappa shape index (κ2) is 4.40. The van der Waals surface area contributed by atoms with Gasteiger partial charge in [-0.25, -0.2) is 9.48 Å². The normalized spacial score (nSPS) is 17.1. The SMILES string of the molecule is O=C(O)c1ccc2nnn(C3CCCCC3)c2c1. The summed E-state index contributed by atoms with van der Waals surface area (Å²) < 4.78 is 1.90. The van der Waals surface area contributed by atoms with Crippen molar-refractivity contribution in [3.63, 3.8) is 0 Å². The van der Waals surface area contributed by atoms with Gasteiger partial charge in [0.2, 0.25) is 0 Å². The lowest BCUT2D eigenvalue weighted by Gasteiger charge is -2.21. The zero-order chi connectivity index (χ0) is 12.5. The quantitative estimate of drug-likeness (QED) is 0.883. The summed E-state index contributed by atoms with van der Waals surface area (Å²) in [5.74, 6) is -0.909. The number of carbonyl (C=O) groups is 1. The molecule has 1 N–H and O–H groups in total. The fraction of sp³-hybridized carbons (Fsp3) is 0.462. The first-order chi connectivity index (χ1) is 8.75. The molecule has 5 nitrogen and oxygen atoms in total. The van der Waals surface area contributed by atoms with Crippen LogP contribution in [0.3, 0.4) is 0 Å². The number of nitrogens with zero attached hydrogens (tertiary/aromatic N) is 3. The van der Waals surface area contributed by atoms with E-state index in [9.17, 15) is 4.79 Å². The van der Waals surface area contributed by atoms with E-state index in [1.54, 1.807) is 18.2 Å². The minimum atomic E-state index is -0.909. The first-order valence-corrected chi connectivity index (χ1v) is 6.34. The van der Waals surface area contributed by atoms with Crippen LogP contribution in [0.2, 0.25) is 0 Å². The van der Waals surface area contributed by atoms with Crippen LogP contribution in [0.5, 0.6) is 0 Å². The topological polar surface area (TPSA) is 68.0 Å². The minimum absolute atomic E-state index is 0.293. The van der Waals surface area contributed by atoms with E-state index in [-0.39, 0.29) is 0 Å². The predicted octanol–water partition coefficient (Wildman–Crippen LogP) is 2.63. The molecule has 1 aromatic carbocycles. The summed E-state index contributed by atoms with van der Waals surface area (Å²) in [5.41, 5.74) is 1.90. The van der Waals surface area contributed by atoms with Crippen LogP contribution in [0.15, 0.2) is 18.2 Å². The lowest BCUT2D eigenvalue weighted by molar-refractivity contribution is 0.0697. The summed E-state index contributed by atoms with van der Waals surface area (Å²) in [6, 6.07) is 5.34. The van der Waals surface area contributed by atoms with Gasteiger partial charge in [-0.1, -0.05) is 24.5 Å². The number of fused-ring (bicyclic) bond motifs is 1. The molecule has 1 aliphatic rings. The molecule has 2 aromatic rings. The van der Waals surface area contributed by atoms with Gasteiger partial charge in [-0.05, 0) is 31.0 Å². The van der Waals surface area contributed by atoms with Gasteiger partial charge >= 0.3 is 5.97 Å². The first-order valence-electron chi connectivity index (χ1n) is 6.34. The van der Waals surface area contributed by atoms with Gasteiger partial charge in [0.1, 0.15) is 5.52 Å². The number of aromatic carboxylic acids is 1. The van der Waals surface area contributed by atoms with Crippen molar-refractivity contribution in [1.82, 2.24) is 15.0 Å². The molecule has 1 aliphatic carbocycles. The number of benzene rings is 1. The molecule has 0 saturated heterocycles. The molecule has 94 valence electrons. The Hall–Kier alpha value is -1.91. The largest absolute Gasteiger partial charge is 0.478 e. The molecule has 1 aromatic heterocycles. The Morgan fingerprint density at radius 2 is 2.06 bits per heavy atom. The van der Waals surface area contributed by atoms with Crippen LogP contribution < -0.4 is 0 Å². The molecule has 5 heteroatoms. The van der Waals surface area contributed by atoms with Crippen molar-refractivity contribution < 1.29 is 9.90 Å². The number of hydrogen-bond donors (Lipinski definition) is 1. The van der Waals surface area contributed by atoms with Crippen LogP contribution in [0.25, 0.3) is 11.0 Å². The fourth-order valence-corrected chi connectivity index (χ4v) is 2.66. The Morgan fingerprint density at radius 3 is 2.78 bits per heavy atom. The highest BCUT2D eigenvalue weighted by molar-refractivity contribution is 5.92.